The number of benzene rings is 4. The van der Waals surface area contributed by atoms with Crippen molar-refractivity contribution in [2.24, 2.45) is 23.3 Å². The maximum absolute atomic E-state index is 13.2. The predicted octanol–water partition coefficient (Wildman–Crippen LogP) is 16.9. The molecule has 4 aromatic rings. The molecule has 3 aliphatic carbocycles. The summed E-state index contributed by atoms with van der Waals surface area (Å²) in [6, 6.07) is 11.9. The van der Waals surface area contributed by atoms with Crippen molar-refractivity contribution >= 4 is 112 Å². The van der Waals surface area contributed by atoms with Gasteiger partial charge in [-0.25, -0.2) is 33.0 Å². The number of nitrogens with zero attached hydrogens (tertiary/aromatic N) is 1. The Hall–Kier alpha value is -8.23. The molecular weight excluding hydrogens is 1630 g/mol. The van der Waals surface area contributed by atoms with E-state index in [4.69, 9.17) is 82.2 Å². The Labute approximate surface area is 717 Å². The molecule has 0 aromatic heterocycles. The van der Waals surface area contributed by atoms with E-state index < -0.39 is 67.0 Å². The average molecular weight is 1760 g/mol. The molecule has 0 unspecified atom stereocenters. The zero-order valence-electron chi connectivity index (χ0n) is 70.7. The number of halogens is 4. The van der Waals surface area contributed by atoms with Gasteiger partial charge < -0.3 is 91.2 Å². The number of likely N-dealkylation sites (N-methyl/N-ethyl adjacent to an activating group) is 1. The van der Waals surface area contributed by atoms with Crippen LogP contribution >= 0.6 is 44.6 Å². The van der Waals surface area contributed by atoms with Gasteiger partial charge in [-0.2, -0.15) is 0 Å². The maximum atomic E-state index is 13.2. The first-order chi connectivity index (χ1) is 54.7. The van der Waals surface area contributed by atoms with Crippen LogP contribution in [0.4, 0.5) is 9.59 Å². The molecule has 29 nitrogen and oxygen atoms in total. The van der Waals surface area contributed by atoms with E-state index in [0.717, 1.165) is 120 Å². The Morgan fingerprint density at radius 3 is 1.19 bits per heavy atom. The van der Waals surface area contributed by atoms with E-state index in [9.17, 15) is 58.2 Å². The standard InChI is InChI=1S/C28H43N3O5.C24H37NO8.C10H8Cl2O3.C10H10O5.C7H15N.C4H12N2.CH4.Cl2OS/c1-17-7-9-19(10-8-17)29-25(32)22-16-23(24(35-6)15-18(22)2)26(33)30-20-11-13-21(14-12-20)31-27(34)36-28(3,4)5;1-5-6-7-10-13-31-19-16-20(18(22(28)29)15-17(19)21(26)27)32-14-11-8-9-12-25-23(30)33-24(2,3)4;1-5-3-8(15-2)7(10(12)14)4-6(5)9(11)13;1-5-3-8(15-2)7(10(13)14)4-6(5)9(11)12;1-6-2-4-7(8)5-3-6;1-6(2)4-3-5;;1-4(2)3/h15-17,19-21H,7-14H2,1-6H3,(H,29,32)(H,30,33)(H,31,34);15-16H,5-14H2,1-4H3,(H,25,30)(H,26,27)(H,28,29);3-4H,1-2H3;3-4H,1-2H3,(H,11,12)(H,13,14);6-7H,2-5,8H2,1H3;3-5H2,1-2H3;1H4;. The lowest BCUT2D eigenvalue weighted by atomic mass is 9.87. The fourth-order valence-corrected chi connectivity index (χ4v) is 12.4. The first-order valence-corrected chi connectivity index (χ1v) is 42.5. The van der Waals surface area contributed by atoms with Crippen molar-refractivity contribution in [2.45, 2.75) is 248 Å². The van der Waals surface area contributed by atoms with Gasteiger partial charge in [0.25, 0.3) is 22.3 Å². The van der Waals surface area contributed by atoms with E-state index in [0.29, 0.717) is 71.7 Å². The minimum atomic E-state index is -1.67. The molecule has 7 rings (SSSR count). The zero-order chi connectivity index (χ0) is 89.0. The van der Waals surface area contributed by atoms with Crippen LogP contribution in [-0.4, -0.2) is 192 Å². The van der Waals surface area contributed by atoms with Crippen LogP contribution in [0.25, 0.3) is 0 Å². The quantitative estimate of drug-likeness (QED) is 0.0178. The van der Waals surface area contributed by atoms with Gasteiger partial charge in [-0.15, -0.1) is 0 Å². The first-order valence-electron chi connectivity index (χ1n) is 39.0. The lowest BCUT2D eigenvalue weighted by Gasteiger charge is -2.30. The minimum Gasteiger partial charge on any atom is -0.496 e. The van der Waals surface area contributed by atoms with Crippen molar-refractivity contribution in [1.82, 2.24) is 26.2 Å². The summed E-state index contributed by atoms with van der Waals surface area (Å²) < 4.78 is 46.2. The molecule has 4 aromatic carbocycles. The molecule has 4 amide bonds. The van der Waals surface area contributed by atoms with Crippen LogP contribution < -0.4 is 56.4 Å². The number of aromatic carboxylic acids is 4. The van der Waals surface area contributed by atoms with Crippen LogP contribution in [0.1, 0.15) is 291 Å². The van der Waals surface area contributed by atoms with Gasteiger partial charge in [0.15, 0.2) is 0 Å². The smallest absolute Gasteiger partial charge is 0.407 e. The van der Waals surface area contributed by atoms with E-state index in [1.807, 2.05) is 41.8 Å². The Bertz CT molecular complexity index is 3780. The lowest BCUT2D eigenvalue weighted by Crippen LogP contribution is -2.45. The molecule has 118 heavy (non-hydrogen) atoms. The molecule has 0 saturated heterocycles. The van der Waals surface area contributed by atoms with Gasteiger partial charge in [0.2, 0.25) is 9.23 Å². The maximum Gasteiger partial charge on any atom is 0.407 e. The van der Waals surface area contributed by atoms with Crippen LogP contribution in [-0.2, 0) is 18.7 Å². The van der Waals surface area contributed by atoms with Crippen LogP contribution in [0, 0.1) is 32.6 Å². The fourth-order valence-electron chi connectivity index (χ4n) is 12.0. The number of hydrogen-bond donors (Lipinski definition) is 10. The highest BCUT2D eigenvalue weighted by molar-refractivity contribution is 8.26. The van der Waals surface area contributed by atoms with Crippen LogP contribution in [0.2, 0.25) is 0 Å². The summed E-state index contributed by atoms with van der Waals surface area (Å²) in [6.45, 7) is 25.5. The van der Waals surface area contributed by atoms with Crippen LogP contribution in [0.15, 0.2) is 48.5 Å². The minimum absolute atomic E-state index is 0. The summed E-state index contributed by atoms with van der Waals surface area (Å²) in [5, 5.41) is 47.1. The molecule has 3 aliphatic rings. The van der Waals surface area contributed by atoms with E-state index in [1.165, 1.54) is 65.2 Å². The second kappa shape index (κ2) is 57.1. The molecule has 34 heteroatoms. The Kier molecular flexibility index (Phi) is 53.1. The highest BCUT2D eigenvalue weighted by Gasteiger charge is 2.30. The van der Waals surface area contributed by atoms with Crippen LogP contribution in [0.5, 0.6) is 28.7 Å². The van der Waals surface area contributed by atoms with E-state index in [-0.39, 0.29) is 94.6 Å². The van der Waals surface area contributed by atoms with E-state index in [1.54, 1.807) is 52.8 Å². The number of aryl methyl sites for hydroxylation is 3. The topological polar surface area (TPSA) is 437 Å². The summed E-state index contributed by atoms with van der Waals surface area (Å²) in [6.07, 6.45) is 17.5. The second-order valence-corrected chi connectivity index (χ2v) is 34.1. The number of nitrogens with one attached hydrogen (secondary N) is 4. The SMILES string of the molecule is C.CC1CCC(N)CC1.CCCCCCOc1cc(OCCCCCNC(=O)OC(C)(C)C)c(C(=O)O)cc1C(=O)O.CN(C)CCN.COc1cc(C)c(C(=O)Cl)cc1C(=O)Cl.COc1cc(C)c(C(=O)NC2CCC(C)CC2)cc1C(=O)NC1CCC(NC(=O)OC(C)(C)C)CC1.COc1cc(C)c(C(=O)O)cc1C(=O)O.O=S(Cl)Cl. The largest absolute Gasteiger partial charge is 0.496 e. The number of methoxy groups -OCH3 is 3. The van der Waals surface area contributed by atoms with E-state index in [2.05, 4.69) is 68.3 Å². The molecule has 0 atom stereocenters. The molecular formula is C84H129Cl4N7O22S. The summed E-state index contributed by atoms with van der Waals surface area (Å²) in [7, 11) is 15.7. The summed E-state index contributed by atoms with van der Waals surface area (Å²) in [5.74, 6) is -2.54. The molecule has 3 saturated carbocycles. The van der Waals surface area contributed by atoms with E-state index >= 15 is 0 Å². The number of carboxylic acids is 4. The predicted molar refractivity (Wildman–Crippen MR) is 463 cm³/mol. The van der Waals surface area contributed by atoms with Crippen molar-refractivity contribution in [2.75, 3.05) is 68.3 Å². The number of nitrogens with two attached hydrogens (primary N) is 2. The lowest BCUT2D eigenvalue weighted by molar-refractivity contribution is 0.0483. The molecule has 0 heterocycles. The third-order valence-electron chi connectivity index (χ3n) is 18.3. The van der Waals surface area contributed by atoms with Gasteiger partial charge in [0.1, 0.15) is 56.6 Å². The van der Waals surface area contributed by atoms with Crippen molar-refractivity contribution in [3.05, 3.63) is 110 Å². The average Bonchev–Trinajstić information content (AvgIpc) is 0.818. The molecule has 666 valence electrons. The second-order valence-electron chi connectivity index (χ2n) is 30.9. The third-order valence-corrected chi connectivity index (χ3v) is 18.7. The fraction of sp³-hybridized carbons (Fsp3) is 0.595. The number of ether oxygens (including phenoxy) is 7. The first kappa shape index (κ1) is 110. The van der Waals surface area contributed by atoms with Crippen molar-refractivity contribution in [3.63, 3.8) is 0 Å². The number of carbonyl (C=O) groups is 10. The third kappa shape index (κ3) is 44.7. The highest BCUT2D eigenvalue weighted by atomic mass is 36.0. The normalized spacial score (nSPS) is 16.5. The van der Waals surface area contributed by atoms with Gasteiger partial charge in [0.05, 0.1) is 51.2 Å². The monoisotopic (exact) mass is 1760 g/mol. The molecule has 12 N–H and O–H groups in total. The van der Waals surface area contributed by atoms with Gasteiger partial charge in [-0.3, -0.25) is 19.2 Å². The summed E-state index contributed by atoms with van der Waals surface area (Å²) in [4.78, 5) is 119. The van der Waals surface area contributed by atoms with Gasteiger partial charge >= 0.3 is 36.1 Å². The Morgan fingerprint density at radius 2 is 0.814 bits per heavy atom. The number of amides is 4. The van der Waals surface area contributed by atoms with Gasteiger partial charge in [-0.05, 0) is 273 Å². The Morgan fingerprint density at radius 1 is 0.475 bits per heavy atom. The van der Waals surface area contributed by atoms with Crippen molar-refractivity contribution in [3.8, 4) is 28.7 Å². The molecule has 0 aliphatic heterocycles. The molecule has 0 bridgehead atoms. The Balaban J connectivity index is 0.00000151. The number of unbranched alkanes of at least 4 members (excludes halogenated alkanes) is 5. The molecule has 0 radical (unpaired) electrons. The summed E-state index contributed by atoms with van der Waals surface area (Å²) >= 11 is 10.7. The number of alkyl carbamates (subject to hydrolysis) is 2. The van der Waals surface area contributed by atoms with Crippen LogP contribution in [0.3, 0.4) is 0 Å². The number of carboxylic acid groups (broad SMARTS) is 4. The zero-order valence-corrected chi connectivity index (χ0v) is 74.6. The number of carbonyl (C=O) groups excluding carboxylic acids is 6. The molecule has 3 fully saturated rings. The number of rotatable bonds is 29. The number of hydrogen-bond acceptors (Lipinski definition) is 21. The van der Waals surface area contributed by atoms with Crippen molar-refractivity contribution in [1.29, 1.82) is 0 Å². The highest BCUT2D eigenvalue weighted by Crippen LogP contribution is 2.33. The molecule has 0 spiro atoms. The van der Waals surface area contributed by atoms with Gasteiger partial charge in [0, 0.05) is 82.4 Å². The van der Waals surface area contributed by atoms with Gasteiger partial charge in [-0.1, -0.05) is 47.5 Å². The summed E-state index contributed by atoms with van der Waals surface area (Å²) in [5.41, 5.74) is 12.3. The van der Waals surface area contributed by atoms with Crippen molar-refractivity contribution < 1.29 is 106 Å².